The van der Waals surface area contributed by atoms with Crippen LogP contribution < -0.4 is 5.32 Å². The molecule has 0 aromatic carbocycles. The van der Waals surface area contributed by atoms with Gasteiger partial charge in [-0.2, -0.15) is 5.10 Å². The van der Waals surface area contributed by atoms with E-state index in [9.17, 15) is 0 Å². The standard InChI is InChI=1S/C13H24N4/c1-11-12(9-17(4)15-11)8-14-10-13(16(2)3)6-5-7-13/h9,14H,5-8,10H2,1-4H3. The van der Waals surface area contributed by atoms with Gasteiger partial charge in [-0.25, -0.2) is 0 Å². The van der Waals surface area contributed by atoms with Crippen molar-refractivity contribution in [2.24, 2.45) is 7.05 Å². The molecule has 2 rings (SSSR count). The fourth-order valence-electron chi connectivity index (χ4n) is 2.62. The van der Waals surface area contributed by atoms with E-state index in [1.807, 2.05) is 11.7 Å². The van der Waals surface area contributed by atoms with Crippen LogP contribution in [-0.4, -0.2) is 40.9 Å². The van der Waals surface area contributed by atoms with Crippen molar-refractivity contribution in [3.63, 3.8) is 0 Å². The molecule has 0 bridgehead atoms. The van der Waals surface area contributed by atoms with E-state index in [2.05, 4.69) is 42.5 Å². The zero-order valence-electron chi connectivity index (χ0n) is 11.5. The molecule has 1 fully saturated rings. The van der Waals surface area contributed by atoms with Gasteiger partial charge in [0.15, 0.2) is 0 Å². The summed E-state index contributed by atoms with van der Waals surface area (Å²) in [6.45, 7) is 4.08. The van der Waals surface area contributed by atoms with Crippen molar-refractivity contribution >= 4 is 0 Å². The normalized spacial score (nSPS) is 18.4. The van der Waals surface area contributed by atoms with E-state index >= 15 is 0 Å². The number of aromatic nitrogens is 2. The largest absolute Gasteiger partial charge is 0.311 e. The second-order valence-electron chi connectivity index (χ2n) is 5.49. The van der Waals surface area contributed by atoms with Crippen molar-refractivity contribution in [1.82, 2.24) is 20.0 Å². The second kappa shape index (κ2) is 4.78. The van der Waals surface area contributed by atoms with Gasteiger partial charge in [0, 0.05) is 37.4 Å². The van der Waals surface area contributed by atoms with Gasteiger partial charge in [0.1, 0.15) is 0 Å². The summed E-state index contributed by atoms with van der Waals surface area (Å²) in [4.78, 5) is 2.37. The molecular formula is C13H24N4. The Bertz CT molecular complexity index is 377. The Morgan fingerprint density at radius 2 is 2.18 bits per heavy atom. The average Bonchev–Trinajstić information content (AvgIpc) is 2.49. The summed E-state index contributed by atoms with van der Waals surface area (Å²) >= 11 is 0. The molecule has 1 saturated carbocycles. The van der Waals surface area contributed by atoms with E-state index in [4.69, 9.17) is 0 Å². The zero-order chi connectivity index (χ0) is 12.5. The highest BCUT2D eigenvalue weighted by Gasteiger charge is 2.38. The predicted molar refractivity (Wildman–Crippen MR) is 69.9 cm³/mol. The van der Waals surface area contributed by atoms with E-state index in [1.165, 1.54) is 24.8 Å². The van der Waals surface area contributed by atoms with Crippen LogP contribution in [0.4, 0.5) is 0 Å². The Morgan fingerprint density at radius 3 is 2.59 bits per heavy atom. The maximum absolute atomic E-state index is 4.36. The molecule has 0 atom stereocenters. The zero-order valence-corrected chi connectivity index (χ0v) is 11.5. The maximum Gasteiger partial charge on any atom is 0.0638 e. The van der Waals surface area contributed by atoms with Crippen LogP contribution in [0.3, 0.4) is 0 Å². The molecule has 1 N–H and O–H groups in total. The fourth-order valence-corrected chi connectivity index (χ4v) is 2.62. The van der Waals surface area contributed by atoms with E-state index in [0.29, 0.717) is 5.54 Å². The molecule has 1 heterocycles. The Kier molecular flexibility index (Phi) is 3.54. The monoisotopic (exact) mass is 236 g/mol. The van der Waals surface area contributed by atoms with Crippen molar-refractivity contribution in [1.29, 1.82) is 0 Å². The molecule has 4 heteroatoms. The van der Waals surface area contributed by atoms with Gasteiger partial charge in [0.2, 0.25) is 0 Å². The third-order valence-electron chi connectivity index (χ3n) is 4.12. The summed E-state index contributed by atoms with van der Waals surface area (Å²) in [5, 5.41) is 7.95. The number of nitrogens with one attached hydrogen (secondary N) is 1. The lowest BCUT2D eigenvalue weighted by atomic mass is 9.75. The molecule has 4 nitrogen and oxygen atoms in total. The van der Waals surface area contributed by atoms with Crippen molar-refractivity contribution in [2.45, 2.75) is 38.3 Å². The first-order valence-electron chi connectivity index (χ1n) is 6.41. The summed E-state index contributed by atoms with van der Waals surface area (Å²) in [6, 6.07) is 0. The molecule has 0 spiro atoms. The molecule has 0 aliphatic heterocycles. The minimum absolute atomic E-state index is 0.399. The first kappa shape index (κ1) is 12.6. The maximum atomic E-state index is 4.36. The fraction of sp³-hybridized carbons (Fsp3) is 0.769. The van der Waals surface area contributed by atoms with Gasteiger partial charge in [-0.05, 0) is 40.3 Å². The SMILES string of the molecule is Cc1nn(C)cc1CNCC1(N(C)C)CCC1. The number of likely N-dealkylation sites (N-methyl/N-ethyl adjacent to an activating group) is 1. The summed E-state index contributed by atoms with van der Waals surface area (Å²) in [5.41, 5.74) is 2.84. The van der Waals surface area contributed by atoms with Crippen molar-refractivity contribution in [3.8, 4) is 0 Å². The minimum atomic E-state index is 0.399. The molecule has 1 aromatic heterocycles. The van der Waals surface area contributed by atoms with Gasteiger partial charge in [0.25, 0.3) is 0 Å². The van der Waals surface area contributed by atoms with Gasteiger partial charge in [0.05, 0.1) is 5.69 Å². The van der Waals surface area contributed by atoms with Crippen LogP contribution in [0.15, 0.2) is 6.20 Å². The summed E-state index contributed by atoms with van der Waals surface area (Å²) in [6.07, 6.45) is 6.11. The Labute approximate surface area is 104 Å². The van der Waals surface area contributed by atoms with E-state index in [1.54, 1.807) is 0 Å². The van der Waals surface area contributed by atoms with Crippen LogP contribution in [0.25, 0.3) is 0 Å². The topological polar surface area (TPSA) is 33.1 Å². The summed E-state index contributed by atoms with van der Waals surface area (Å²) in [7, 11) is 6.36. The van der Waals surface area contributed by atoms with Crippen LogP contribution in [0.2, 0.25) is 0 Å². The van der Waals surface area contributed by atoms with E-state index in [0.717, 1.165) is 18.8 Å². The highest BCUT2D eigenvalue weighted by molar-refractivity contribution is 5.15. The van der Waals surface area contributed by atoms with Crippen LogP contribution in [-0.2, 0) is 13.6 Å². The molecule has 0 saturated heterocycles. The second-order valence-corrected chi connectivity index (χ2v) is 5.49. The van der Waals surface area contributed by atoms with E-state index < -0.39 is 0 Å². The Hall–Kier alpha value is -0.870. The summed E-state index contributed by atoms with van der Waals surface area (Å²) in [5.74, 6) is 0. The highest BCUT2D eigenvalue weighted by atomic mass is 15.3. The average molecular weight is 236 g/mol. The van der Waals surface area contributed by atoms with Crippen molar-refractivity contribution in [2.75, 3.05) is 20.6 Å². The molecule has 1 aromatic rings. The van der Waals surface area contributed by atoms with Gasteiger partial charge in [-0.15, -0.1) is 0 Å². The smallest absolute Gasteiger partial charge is 0.0638 e. The van der Waals surface area contributed by atoms with Gasteiger partial charge < -0.3 is 10.2 Å². The molecule has 96 valence electrons. The van der Waals surface area contributed by atoms with Crippen molar-refractivity contribution in [3.05, 3.63) is 17.5 Å². The number of rotatable bonds is 5. The number of hydrogen-bond acceptors (Lipinski definition) is 3. The third-order valence-corrected chi connectivity index (χ3v) is 4.12. The highest BCUT2D eigenvalue weighted by Crippen LogP contribution is 2.35. The van der Waals surface area contributed by atoms with Gasteiger partial charge >= 0.3 is 0 Å². The van der Waals surface area contributed by atoms with Crippen LogP contribution >= 0.6 is 0 Å². The summed E-state index contributed by atoms with van der Waals surface area (Å²) < 4.78 is 1.89. The van der Waals surface area contributed by atoms with Gasteiger partial charge in [-0.1, -0.05) is 0 Å². The predicted octanol–water partition coefficient (Wildman–Crippen LogP) is 1.30. The third kappa shape index (κ3) is 2.53. The number of nitrogens with zero attached hydrogens (tertiary/aromatic N) is 3. The minimum Gasteiger partial charge on any atom is -0.311 e. The molecular weight excluding hydrogens is 212 g/mol. The molecule has 0 radical (unpaired) electrons. The Balaban J connectivity index is 1.85. The quantitative estimate of drug-likeness (QED) is 0.836. The molecule has 17 heavy (non-hydrogen) atoms. The lowest BCUT2D eigenvalue weighted by molar-refractivity contribution is 0.0598. The first-order chi connectivity index (χ1) is 8.03. The lowest BCUT2D eigenvalue weighted by Crippen LogP contribution is -2.56. The van der Waals surface area contributed by atoms with Crippen molar-refractivity contribution < 1.29 is 0 Å². The molecule has 0 unspecified atom stereocenters. The van der Waals surface area contributed by atoms with Crippen LogP contribution in [0, 0.1) is 6.92 Å². The first-order valence-corrected chi connectivity index (χ1v) is 6.41. The Morgan fingerprint density at radius 1 is 1.47 bits per heavy atom. The van der Waals surface area contributed by atoms with Crippen LogP contribution in [0.5, 0.6) is 0 Å². The number of aryl methyl sites for hydroxylation is 2. The van der Waals surface area contributed by atoms with Crippen LogP contribution in [0.1, 0.15) is 30.5 Å². The molecule has 1 aliphatic rings. The van der Waals surface area contributed by atoms with Gasteiger partial charge in [-0.3, -0.25) is 4.68 Å². The van der Waals surface area contributed by atoms with E-state index in [-0.39, 0.29) is 0 Å². The molecule has 0 amide bonds. The lowest BCUT2D eigenvalue weighted by Gasteiger charge is -2.47. The molecule has 1 aliphatic carbocycles. The number of hydrogen-bond donors (Lipinski definition) is 1.